The molecule has 1 atom stereocenters. The molecule has 0 saturated heterocycles. The molecule has 26 heavy (non-hydrogen) atoms. The van der Waals surface area contributed by atoms with E-state index >= 15 is 0 Å². The van der Waals surface area contributed by atoms with Crippen LogP contribution in [0.25, 0.3) is 0 Å². The van der Waals surface area contributed by atoms with Crippen molar-refractivity contribution in [2.24, 2.45) is 9.98 Å². The molecule has 0 radical (unpaired) electrons. The van der Waals surface area contributed by atoms with Gasteiger partial charge in [0.25, 0.3) is 0 Å². The van der Waals surface area contributed by atoms with Crippen LogP contribution in [0.3, 0.4) is 0 Å². The number of halogens is 1. The molecule has 0 amide bonds. The molecule has 0 saturated carbocycles. The molecule has 0 aliphatic carbocycles. The van der Waals surface area contributed by atoms with Crippen molar-refractivity contribution in [1.82, 2.24) is 0 Å². The molecule has 1 aromatic rings. The molecule has 1 aromatic carbocycles. The van der Waals surface area contributed by atoms with Crippen LogP contribution in [0.2, 0.25) is 5.02 Å². The molecule has 5 heteroatoms. The van der Waals surface area contributed by atoms with Crippen molar-refractivity contribution in [3.63, 3.8) is 0 Å². The number of hydrogen-bond donors (Lipinski definition) is 0. The van der Waals surface area contributed by atoms with Crippen LogP contribution >= 0.6 is 11.6 Å². The highest BCUT2D eigenvalue weighted by atomic mass is 35.5. The molecular weight excluding hydrogens is 348 g/mol. The van der Waals surface area contributed by atoms with Gasteiger partial charge in [-0.1, -0.05) is 63.5 Å². The van der Waals surface area contributed by atoms with Crippen molar-refractivity contribution in [2.45, 2.75) is 71.3 Å². The number of carbonyl (C=O) groups is 1. The maximum Gasteiger partial charge on any atom is 0.343 e. The Bertz CT molecular complexity index is 638. The Labute approximate surface area is 161 Å². The van der Waals surface area contributed by atoms with Crippen LogP contribution in [0.1, 0.15) is 70.8 Å². The molecule has 0 N–H and O–H groups in total. The average molecular weight is 377 g/mol. The van der Waals surface area contributed by atoms with E-state index in [9.17, 15) is 4.79 Å². The maximum atomic E-state index is 12.1. The summed E-state index contributed by atoms with van der Waals surface area (Å²) in [5.41, 5.74) is 1.48. The molecule has 0 fully saturated rings. The number of unbranched alkanes of at least 4 members (excludes halogenated alkanes) is 7. The second-order valence-corrected chi connectivity index (χ2v) is 7.20. The van der Waals surface area contributed by atoms with Gasteiger partial charge in [-0.25, -0.2) is 9.79 Å². The molecule has 1 aliphatic heterocycles. The van der Waals surface area contributed by atoms with E-state index in [1.54, 1.807) is 24.3 Å². The minimum Gasteiger partial charge on any atom is -0.405 e. The number of rotatable bonds is 11. The van der Waals surface area contributed by atoms with Crippen molar-refractivity contribution >= 4 is 29.2 Å². The van der Waals surface area contributed by atoms with Gasteiger partial charge < -0.3 is 4.74 Å². The zero-order valence-corrected chi connectivity index (χ0v) is 16.6. The van der Waals surface area contributed by atoms with Crippen molar-refractivity contribution < 1.29 is 9.53 Å². The van der Waals surface area contributed by atoms with Gasteiger partial charge in [0.1, 0.15) is 0 Å². The molecule has 0 bridgehead atoms. The lowest BCUT2D eigenvalue weighted by Gasteiger charge is -2.03. The predicted molar refractivity (Wildman–Crippen MR) is 108 cm³/mol. The lowest BCUT2D eigenvalue weighted by molar-refractivity contribution is -0.133. The largest absolute Gasteiger partial charge is 0.405 e. The highest BCUT2D eigenvalue weighted by Gasteiger charge is 2.31. The van der Waals surface area contributed by atoms with Crippen LogP contribution in [-0.4, -0.2) is 30.2 Å². The molecule has 0 aromatic heterocycles. The maximum absolute atomic E-state index is 12.1. The summed E-state index contributed by atoms with van der Waals surface area (Å²) in [6, 6.07) is 6.48. The van der Waals surface area contributed by atoms with Gasteiger partial charge in [0.15, 0.2) is 6.04 Å². The third-order valence-corrected chi connectivity index (χ3v) is 4.78. The van der Waals surface area contributed by atoms with Gasteiger partial charge in [0, 0.05) is 22.8 Å². The number of cyclic esters (lactones) is 1. The first kappa shape index (κ1) is 20.6. The minimum absolute atomic E-state index is 0.346. The number of benzene rings is 1. The molecule has 1 aliphatic rings. The smallest absolute Gasteiger partial charge is 0.343 e. The van der Waals surface area contributed by atoms with Crippen LogP contribution in [0, 0.1) is 0 Å². The van der Waals surface area contributed by atoms with Crippen LogP contribution in [0.4, 0.5) is 0 Å². The Morgan fingerprint density at radius 1 is 1.08 bits per heavy atom. The molecule has 142 valence electrons. The minimum atomic E-state index is -0.616. The summed E-state index contributed by atoms with van der Waals surface area (Å²) in [5, 5.41) is 0.637. The van der Waals surface area contributed by atoms with Crippen molar-refractivity contribution in [3.8, 4) is 0 Å². The fourth-order valence-electron chi connectivity index (χ4n) is 2.92. The van der Waals surface area contributed by atoms with Gasteiger partial charge in [0.05, 0.1) is 0 Å². The third-order valence-electron chi connectivity index (χ3n) is 4.53. The number of hydrogen-bond acceptors (Lipinski definition) is 4. The lowest BCUT2D eigenvalue weighted by Crippen LogP contribution is -2.23. The summed E-state index contributed by atoms with van der Waals surface area (Å²) in [4.78, 5) is 21.0. The first-order chi connectivity index (χ1) is 12.6. The summed E-state index contributed by atoms with van der Waals surface area (Å²) < 4.78 is 5.30. The lowest BCUT2D eigenvalue weighted by atomic mass is 10.1. The third kappa shape index (κ3) is 6.56. The van der Waals surface area contributed by atoms with Crippen LogP contribution in [-0.2, 0) is 9.53 Å². The zero-order valence-electron chi connectivity index (χ0n) is 15.8. The quantitative estimate of drug-likeness (QED) is 0.286. The fraction of sp³-hybridized carbons (Fsp3) is 0.571. The molecular formula is C21H29ClN2O2. The second kappa shape index (κ2) is 11.1. The van der Waals surface area contributed by atoms with Gasteiger partial charge in [-0.05, 0) is 37.6 Å². The number of carbonyl (C=O) groups excluding carboxylic acids is 1. The summed E-state index contributed by atoms with van der Waals surface area (Å²) >= 11 is 5.88. The summed E-state index contributed by atoms with van der Waals surface area (Å²) in [6.45, 7) is 4.84. The summed E-state index contributed by atoms with van der Waals surface area (Å²) in [6.07, 6.45) is 10.2. The fourth-order valence-corrected chi connectivity index (χ4v) is 3.05. The predicted octanol–water partition coefficient (Wildman–Crippen LogP) is 5.61. The Balaban J connectivity index is 1.75. The highest BCUT2D eigenvalue weighted by molar-refractivity contribution is 6.30. The standard InChI is InChI=1S/C21H29ClN2O2/c1-3-4-5-6-7-8-9-10-15-23-16(2)19-21(25)26-20(24-19)17-11-13-18(22)14-12-17/h11-14,19H,3-10,15H2,1-2H3. The number of aliphatic imine (C=N–C) groups is 2. The Morgan fingerprint density at radius 3 is 2.35 bits per heavy atom. The van der Waals surface area contributed by atoms with E-state index in [4.69, 9.17) is 16.3 Å². The van der Waals surface area contributed by atoms with Crippen LogP contribution < -0.4 is 0 Å². The normalized spacial score (nSPS) is 17.3. The topological polar surface area (TPSA) is 51.0 Å². The van der Waals surface area contributed by atoms with Crippen LogP contribution in [0.5, 0.6) is 0 Å². The summed E-state index contributed by atoms with van der Waals surface area (Å²) in [5.74, 6) is -0.00887. The zero-order chi connectivity index (χ0) is 18.8. The Hall–Kier alpha value is -1.68. The van der Waals surface area contributed by atoms with Gasteiger partial charge in [0.2, 0.25) is 5.90 Å². The Morgan fingerprint density at radius 2 is 1.69 bits per heavy atom. The van der Waals surface area contributed by atoms with E-state index in [0.717, 1.165) is 24.2 Å². The molecule has 0 spiro atoms. The van der Waals surface area contributed by atoms with Crippen LogP contribution in [0.15, 0.2) is 34.3 Å². The average Bonchev–Trinajstić information content (AvgIpc) is 3.02. The summed E-state index contributed by atoms with van der Waals surface area (Å²) in [7, 11) is 0. The van der Waals surface area contributed by atoms with Crippen molar-refractivity contribution in [2.75, 3.05) is 6.54 Å². The second-order valence-electron chi connectivity index (χ2n) is 6.76. The van der Waals surface area contributed by atoms with Crippen molar-refractivity contribution in [3.05, 3.63) is 34.9 Å². The van der Waals surface area contributed by atoms with E-state index in [2.05, 4.69) is 16.9 Å². The molecule has 1 unspecified atom stereocenters. The molecule has 4 nitrogen and oxygen atoms in total. The monoisotopic (exact) mass is 376 g/mol. The molecule has 2 rings (SSSR count). The highest BCUT2D eigenvalue weighted by Crippen LogP contribution is 2.17. The first-order valence-electron chi connectivity index (χ1n) is 9.68. The van der Waals surface area contributed by atoms with E-state index in [1.807, 2.05) is 6.92 Å². The number of ether oxygens (including phenoxy) is 1. The van der Waals surface area contributed by atoms with E-state index < -0.39 is 6.04 Å². The molecule has 1 heterocycles. The number of nitrogens with zero attached hydrogens (tertiary/aromatic N) is 2. The van der Waals surface area contributed by atoms with Crippen molar-refractivity contribution in [1.29, 1.82) is 0 Å². The Kier molecular flexibility index (Phi) is 8.82. The van der Waals surface area contributed by atoms with E-state index in [0.29, 0.717) is 10.9 Å². The van der Waals surface area contributed by atoms with Gasteiger partial charge in [-0.15, -0.1) is 0 Å². The van der Waals surface area contributed by atoms with Gasteiger partial charge in [-0.2, -0.15) is 0 Å². The first-order valence-corrected chi connectivity index (χ1v) is 10.1. The van der Waals surface area contributed by atoms with Gasteiger partial charge >= 0.3 is 5.97 Å². The number of esters is 1. The SMILES string of the molecule is CCCCCCCCCCN=C(C)C1N=C(c2ccc(Cl)cc2)OC1=O. The van der Waals surface area contributed by atoms with E-state index in [1.165, 1.54) is 44.9 Å². The van der Waals surface area contributed by atoms with Gasteiger partial charge in [-0.3, -0.25) is 4.99 Å². The van der Waals surface area contributed by atoms with E-state index in [-0.39, 0.29) is 5.97 Å².